The summed E-state index contributed by atoms with van der Waals surface area (Å²) in [6, 6.07) is 3.04. The number of hydrogen-bond acceptors (Lipinski definition) is 3. The van der Waals surface area contributed by atoms with Crippen LogP contribution in [0.15, 0.2) is 16.7 Å². The van der Waals surface area contributed by atoms with E-state index >= 15 is 0 Å². The van der Waals surface area contributed by atoms with E-state index in [0.717, 1.165) is 10.3 Å². The maximum absolute atomic E-state index is 11.9. The van der Waals surface area contributed by atoms with E-state index < -0.39 is 6.04 Å². The van der Waals surface area contributed by atoms with E-state index in [1.54, 1.807) is 12.1 Å². The first-order chi connectivity index (χ1) is 7.71. The van der Waals surface area contributed by atoms with Gasteiger partial charge in [0.25, 0.3) is 0 Å². The number of nitrogens with one attached hydrogen (secondary N) is 1. The van der Waals surface area contributed by atoms with Crippen LogP contribution in [0.2, 0.25) is 0 Å². The van der Waals surface area contributed by atoms with Crippen molar-refractivity contribution >= 4 is 27.5 Å². The molecule has 0 fully saturated rings. The molecule has 1 heterocycles. The minimum atomic E-state index is -0.550. The van der Waals surface area contributed by atoms with Gasteiger partial charge in [-0.05, 0) is 40.4 Å². The molecule has 0 aliphatic rings. The highest BCUT2D eigenvalue weighted by atomic mass is 79.9. The molecule has 0 aliphatic heterocycles. The summed E-state index contributed by atoms with van der Waals surface area (Å²) in [4.78, 5) is 16.1. The molecule has 0 aliphatic carbocycles. The molecular weight excluding hydrogens is 282 g/mol. The number of carbonyl (C=O) groups excluding carboxylic acids is 1. The van der Waals surface area contributed by atoms with Crippen LogP contribution in [-0.2, 0) is 4.79 Å². The molecule has 3 N–H and O–H groups in total. The zero-order chi connectivity index (χ0) is 13.2. The van der Waals surface area contributed by atoms with Crippen molar-refractivity contribution in [2.75, 3.05) is 5.32 Å². The summed E-state index contributed by atoms with van der Waals surface area (Å²) >= 11 is 3.27. The zero-order valence-corrected chi connectivity index (χ0v) is 12.1. The Kier molecular flexibility index (Phi) is 4.27. The lowest BCUT2D eigenvalue weighted by molar-refractivity contribution is -0.119. The van der Waals surface area contributed by atoms with E-state index in [9.17, 15) is 4.79 Å². The second-order valence-electron chi connectivity index (χ2n) is 5.10. The lowest BCUT2D eigenvalue weighted by Gasteiger charge is -2.26. The van der Waals surface area contributed by atoms with Crippen LogP contribution in [0.1, 0.15) is 26.5 Å². The van der Waals surface area contributed by atoms with Gasteiger partial charge in [0, 0.05) is 0 Å². The lowest BCUT2D eigenvalue weighted by atomic mass is 9.87. The van der Waals surface area contributed by atoms with Crippen molar-refractivity contribution in [2.45, 2.75) is 33.7 Å². The van der Waals surface area contributed by atoms with Crippen molar-refractivity contribution in [1.82, 2.24) is 4.98 Å². The van der Waals surface area contributed by atoms with Crippen molar-refractivity contribution in [3.63, 3.8) is 0 Å². The highest BCUT2D eigenvalue weighted by Gasteiger charge is 2.27. The molecular formula is C12H18BrN3O. The predicted octanol–water partition coefficient (Wildman–Crippen LogP) is 2.46. The van der Waals surface area contributed by atoms with E-state index in [0.29, 0.717) is 5.69 Å². The second-order valence-corrected chi connectivity index (χ2v) is 5.91. The Morgan fingerprint density at radius 1 is 1.47 bits per heavy atom. The van der Waals surface area contributed by atoms with E-state index in [1.807, 2.05) is 27.7 Å². The van der Waals surface area contributed by atoms with Crippen LogP contribution in [0.25, 0.3) is 0 Å². The van der Waals surface area contributed by atoms with Gasteiger partial charge in [0.15, 0.2) is 0 Å². The van der Waals surface area contributed by atoms with E-state index in [-0.39, 0.29) is 11.3 Å². The molecule has 0 bridgehead atoms. The number of anilines is 1. The van der Waals surface area contributed by atoms with E-state index in [4.69, 9.17) is 5.73 Å². The van der Waals surface area contributed by atoms with Gasteiger partial charge < -0.3 is 11.1 Å². The highest BCUT2D eigenvalue weighted by Crippen LogP contribution is 2.20. The predicted molar refractivity (Wildman–Crippen MR) is 72.7 cm³/mol. The molecule has 5 heteroatoms. The second kappa shape index (κ2) is 5.14. The van der Waals surface area contributed by atoms with E-state index in [2.05, 4.69) is 26.2 Å². The topological polar surface area (TPSA) is 68.0 Å². The largest absolute Gasteiger partial charge is 0.323 e. The van der Waals surface area contributed by atoms with Crippen LogP contribution in [0, 0.1) is 12.3 Å². The third-order valence-corrected chi connectivity index (χ3v) is 2.97. The Hall–Kier alpha value is -0.940. The van der Waals surface area contributed by atoms with Crippen molar-refractivity contribution in [3.8, 4) is 0 Å². The number of nitrogens with two attached hydrogens (primary N) is 1. The van der Waals surface area contributed by atoms with Crippen molar-refractivity contribution in [1.29, 1.82) is 0 Å². The number of rotatable bonds is 2. The average molecular weight is 300 g/mol. The van der Waals surface area contributed by atoms with Gasteiger partial charge in [-0.3, -0.25) is 4.79 Å². The third kappa shape index (κ3) is 3.78. The fraction of sp³-hybridized carbons (Fsp3) is 0.500. The van der Waals surface area contributed by atoms with Gasteiger partial charge in [-0.1, -0.05) is 20.8 Å². The van der Waals surface area contributed by atoms with Crippen molar-refractivity contribution < 1.29 is 4.79 Å². The molecule has 1 atom stereocenters. The van der Waals surface area contributed by atoms with Gasteiger partial charge in [-0.2, -0.15) is 0 Å². The van der Waals surface area contributed by atoms with Gasteiger partial charge in [-0.15, -0.1) is 0 Å². The maximum atomic E-state index is 11.9. The van der Waals surface area contributed by atoms with Crippen LogP contribution in [0.3, 0.4) is 0 Å². The molecule has 0 aromatic carbocycles. The lowest BCUT2D eigenvalue weighted by Crippen LogP contribution is -2.45. The molecule has 0 saturated carbocycles. The summed E-state index contributed by atoms with van der Waals surface area (Å²) in [5.41, 5.74) is 7.07. The van der Waals surface area contributed by atoms with Crippen molar-refractivity contribution in [3.05, 3.63) is 22.4 Å². The first kappa shape index (κ1) is 14.1. The SMILES string of the molecule is Cc1nc(Br)ccc1NC(=O)[C@@H](N)C(C)(C)C. The molecule has 1 aromatic rings. The minimum Gasteiger partial charge on any atom is -0.323 e. The van der Waals surface area contributed by atoms with Crippen LogP contribution in [0.4, 0.5) is 5.69 Å². The zero-order valence-electron chi connectivity index (χ0n) is 10.5. The molecule has 94 valence electrons. The summed E-state index contributed by atoms with van der Waals surface area (Å²) in [5.74, 6) is -0.190. The summed E-state index contributed by atoms with van der Waals surface area (Å²) in [7, 11) is 0. The van der Waals surface area contributed by atoms with E-state index in [1.165, 1.54) is 0 Å². The standard InChI is InChI=1S/C12H18BrN3O/c1-7-8(5-6-9(13)15-7)16-11(17)10(14)12(2,3)4/h5-6,10H,14H2,1-4H3,(H,16,17)/t10-/m1/s1. The Morgan fingerprint density at radius 3 is 2.53 bits per heavy atom. The van der Waals surface area contributed by atoms with Crippen LogP contribution in [-0.4, -0.2) is 16.9 Å². The fourth-order valence-electron chi connectivity index (χ4n) is 1.27. The fourth-order valence-corrected chi connectivity index (χ4v) is 1.66. The first-order valence-electron chi connectivity index (χ1n) is 5.41. The summed E-state index contributed by atoms with van der Waals surface area (Å²) in [6.07, 6.45) is 0. The Morgan fingerprint density at radius 2 is 2.06 bits per heavy atom. The Bertz CT molecular complexity index is 426. The Labute approximate surface area is 110 Å². The molecule has 17 heavy (non-hydrogen) atoms. The molecule has 1 aromatic heterocycles. The maximum Gasteiger partial charge on any atom is 0.241 e. The number of carbonyl (C=O) groups is 1. The molecule has 4 nitrogen and oxygen atoms in total. The molecule has 0 saturated heterocycles. The van der Waals surface area contributed by atoms with Crippen molar-refractivity contribution in [2.24, 2.45) is 11.1 Å². The number of aryl methyl sites for hydroxylation is 1. The highest BCUT2D eigenvalue weighted by molar-refractivity contribution is 9.10. The van der Waals surface area contributed by atoms with Gasteiger partial charge >= 0.3 is 0 Å². The molecule has 0 radical (unpaired) electrons. The summed E-state index contributed by atoms with van der Waals surface area (Å²) < 4.78 is 0.744. The van der Waals surface area contributed by atoms with Gasteiger partial charge in [0.2, 0.25) is 5.91 Å². The van der Waals surface area contributed by atoms with Crippen LogP contribution < -0.4 is 11.1 Å². The van der Waals surface area contributed by atoms with Gasteiger partial charge in [0.05, 0.1) is 17.4 Å². The molecule has 0 unspecified atom stereocenters. The third-order valence-electron chi connectivity index (χ3n) is 2.53. The minimum absolute atomic E-state index is 0.190. The smallest absolute Gasteiger partial charge is 0.241 e. The first-order valence-corrected chi connectivity index (χ1v) is 6.20. The molecule has 1 rings (SSSR count). The number of amides is 1. The average Bonchev–Trinajstić information content (AvgIpc) is 2.19. The number of nitrogens with zero attached hydrogens (tertiary/aromatic N) is 1. The van der Waals surface area contributed by atoms with Gasteiger partial charge in [0.1, 0.15) is 4.60 Å². The molecule has 1 amide bonds. The quantitative estimate of drug-likeness (QED) is 0.824. The van der Waals surface area contributed by atoms with Gasteiger partial charge in [-0.25, -0.2) is 4.98 Å². The summed E-state index contributed by atoms with van der Waals surface area (Å²) in [5, 5.41) is 2.80. The molecule has 0 spiro atoms. The monoisotopic (exact) mass is 299 g/mol. The van der Waals surface area contributed by atoms with Crippen LogP contribution in [0.5, 0.6) is 0 Å². The van der Waals surface area contributed by atoms with Crippen LogP contribution >= 0.6 is 15.9 Å². The normalized spacial score (nSPS) is 13.3. The Balaban J connectivity index is 2.82. The number of aromatic nitrogens is 1. The number of halogens is 1. The summed E-state index contributed by atoms with van der Waals surface area (Å²) in [6.45, 7) is 7.64. The number of hydrogen-bond donors (Lipinski definition) is 2. The number of pyridine rings is 1.